The number of hydrogen-bond donors (Lipinski definition) is 2. The molecule has 114 valence electrons. The van der Waals surface area contributed by atoms with Crippen molar-refractivity contribution in [2.24, 2.45) is 5.92 Å². The average molecular weight is 295 g/mol. The molecule has 1 aromatic carbocycles. The number of pyridine rings is 1. The van der Waals surface area contributed by atoms with Crippen molar-refractivity contribution in [3.8, 4) is 0 Å². The average Bonchev–Trinajstić information content (AvgIpc) is 3.04. The summed E-state index contributed by atoms with van der Waals surface area (Å²) in [5.41, 5.74) is 3.50. The third-order valence-corrected chi connectivity index (χ3v) is 4.25. The zero-order valence-corrected chi connectivity index (χ0v) is 12.8. The minimum atomic E-state index is -0.0145. The fourth-order valence-corrected chi connectivity index (χ4v) is 2.94. The first kappa shape index (κ1) is 14.7. The van der Waals surface area contributed by atoms with Gasteiger partial charge in [0.05, 0.1) is 5.92 Å². The number of aryl methyl sites for hydroxylation is 1. The Hall–Kier alpha value is -2.20. The topological polar surface area (TPSA) is 54.0 Å². The first-order valence-electron chi connectivity index (χ1n) is 7.68. The quantitative estimate of drug-likeness (QED) is 0.907. The van der Waals surface area contributed by atoms with Crippen LogP contribution in [-0.2, 0) is 11.3 Å². The van der Waals surface area contributed by atoms with Gasteiger partial charge in [-0.15, -0.1) is 0 Å². The van der Waals surface area contributed by atoms with Crippen LogP contribution in [0.5, 0.6) is 0 Å². The number of aromatic nitrogens is 1. The van der Waals surface area contributed by atoms with Crippen molar-refractivity contribution >= 4 is 5.91 Å². The Morgan fingerprint density at radius 3 is 2.82 bits per heavy atom. The lowest BCUT2D eigenvalue weighted by molar-refractivity contribution is -0.125. The second-order valence-corrected chi connectivity index (χ2v) is 5.86. The van der Waals surface area contributed by atoms with E-state index < -0.39 is 0 Å². The predicted molar refractivity (Wildman–Crippen MR) is 86.4 cm³/mol. The molecule has 0 radical (unpaired) electrons. The van der Waals surface area contributed by atoms with Gasteiger partial charge in [0.2, 0.25) is 5.91 Å². The Morgan fingerprint density at radius 2 is 2.09 bits per heavy atom. The van der Waals surface area contributed by atoms with Gasteiger partial charge < -0.3 is 10.6 Å². The van der Waals surface area contributed by atoms with Crippen LogP contribution in [0.1, 0.15) is 22.6 Å². The Kier molecular flexibility index (Phi) is 4.49. The molecule has 2 heterocycles. The van der Waals surface area contributed by atoms with Crippen LogP contribution in [-0.4, -0.2) is 24.0 Å². The molecule has 4 heteroatoms. The minimum Gasteiger partial charge on any atom is -0.352 e. The molecule has 0 saturated carbocycles. The SMILES string of the molecule is Cc1ccc(C2CNCC2C(=O)NCc2cccnc2)cc1. The van der Waals surface area contributed by atoms with E-state index >= 15 is 0 Å². The summed E-state index contributed by atoms with van der Waals surface area (Å²) in [5.74, 6) is 0.341. The van der Waals surface area contributed by atoms with Crippen molar-refractivity contribution in [2.75, 3.05) is 13.1 Å². The van der Waals surface area contributed by atoms with Crippen LogP contribution in [0.4, 0.5) is 0 Å². The predicted octanol–water partition coefficient (Wildman–Crippen LogP) is 2.01. The molecule has 1 fully saturated rings. The summed E-state index contributed by atoms with van der Waals surface area (Å²) in [5, 5.41) is 6.37. The minimum absolute atomic E-state index is 0.0145. The summed E-state index contributed by atoms with van der Waals surface area (Å²) in [6.45, 7) is 4.20. The highest BCUT2D eigenvalue weighted by molar-refractivity contribution is 5.80. The molecule has 0 aliphatic carbocycles. The van der Waals surface area contributed by atoms with E-state index in [-0.39, 0.29) is 17.7 Å². The van der Waals surface area contributed by atoms with Crippen LogP contribution in [0, 0.1) is 12.8 Å². The third-order valence-electron chi connectivity index (χ3n) is 4.25. The molecule has 0 bridgehead atoms. The van der Waals surface area contributed by atoms with Crippen LogP contribution in [0.25, 0.3) is 0 Å². The Morgan fingerprint density at radius 1 is 1.27 bits per heavy atom. The van der Waals surface area contributed by atoms with Gasteiger partial charge in [-0.1, -0.05) is 35.9 Å². The highest BCUT2D eigenvalue weighted by atomic mass is 16.1. The molecule has 1 aromatic heterocycles. The Balaban J connectivity index is 1.65. The largest absolute Gasteiger partial charge is 0.352 e. The van der Waals surface area contributed by atoms with E-state index in [4.69, 9.17) is 0 Å². The number of benzene rings is 1. The summed E-state index contributed by atoms with van der Waals surface area (Å²) in [6.07, 6.45) is 3.52. The number of nitrogens with one attached hydrogen (secondary N) is 2. The van der Waals surface area contributed by atoms with E-state index in [9.17, 15) is 4.79 Å². The van der Waals surface area contributed by atoms with Crippen molar-refractivity contribution in [3.63, 3.8) is 0 Å². The lowest BCUT2D eigenvalue weighted by Crippen LogP contribution is -2.34. The van der Waals surface area contributed by atoms with Gasteiger partial charge in [0, 0.05) is 37.9 Å². The number of hydrogen-bond acceptors (Lipinski definition) is 3. The standard InChI is InChI=1S/C18H21N3O/c1-13-4-6-15(7-5-13)16-11-20-12-17(16)18(22)21-10-14-3-2-8-19-9-14/h2-9,16-17,20H,10-12H2,1H3,(H,21,22). The first-order valence-corrected chi connectivity index (χ1v) is 7.68. The van der Waals surface area contributed by atoms with Gasteiger partial charge in [-0.3, -0.25) is 9.78 Å². The normalized spacial score (nSPS) is 20.8. The van der Waals surface area contributed by atoms with Crippen LogP contribution < -0.4 is 10.6 Å². The molecule has 1 amide bonds. The fourth-order valence-electron chi connectivity index (χ4n) is 2.94. The molecule has 1 saturated heterocycles. The molecular weight excluding hydrogens is 274 g/mol. The van der Waals surface area contributed by atoms with Gasteiger partial charge in [0.15, 0.2) is 0 Å². The number of carbonyl (C=O) groups is 1. The Bertz CT molecular complexity index is 625. The van der Waals surface area contributed by atoms with Gasteiger partial charge in [-0.05, 0) is 24.1 Å². The van der Waals surface area contributed by atoms with E-state index in [1.165, 1.54) is 11.1 Å². The summed E-state index contributed by atoms with van der Waals surface area (Å²) in [7, 11) is 0. The molecule has 2 unspecified atom stereocenters. The van der Waals surface area contributed by atoms with E-state index in [1.807, 2.05) is 12.1 Å². The van der Waals surface area contributed by atoms with Crippen molar-refractivity contribution in [3.05, 3.63) is 65.5 Å². The summed E-state index contributed by atoms with van der Waals surface area (Å²) in [4.78, 5) is 16.6. The zero-order valence-electron chi connectivity index (χ0n) is 12.8. The molecule has 2 atom stereocenters. The molecule has 3 rings (SSSR count). The number of rotatable bonds is 4. The van der Waals surface area contributed by atoms with Crippen molar-refractivity contribution in [1.29, 1.82) is 0 Å². The maximum absolute atomic E-state index is 12.5. The van der Waals surface area contributed by atoms with E-state index in [0.717, 1.165) is 18.7 Å². The highest BCUT2D eigenvalue weighted by Crippen LogP contribution is 2.28. The molecule has 4 nitrogen and oxygen atoms in total. The van der Waals surface area contributed by atoms with E-state index in [0.29, 0.717) is 6.54 Å². The van der Waals surface area contributed by atoms with Gasteiger partial charge in [-0.2, -0.15) is 0 Å². The van der Waals surface area contributed by atoms with Crippen LogP contribution in [0.2, 0.25) is 0 Å². The maximum Gasteiger partial charge on any atom is 0.225 e. The molecule has 1 aliphatic rings. The van der Waals surface area contributed by atoms with Gasteiger partial charge in [-0.25, -0.2) is 0 Å². The van der Waals surface area contributed by atoms with Gasteiger partial charge in [0.25, 0.3) is 0 Å². The van der Waals surface area contributed by atoms with Crippen molar-refractivity contribution < 1.29 is 4.79 Å². The molecule has 0 spiro atoms. The first-order chi connectivity index (χ1) is 10.7. The second-order valence-electron chi connectivity index (χ2n) is 5.86. The maximum atomic E-state index is 12.5. The zero-order chi connectivity index (χ0) is 15.4. The lowest BCUT2D eigenvalue weighted by atomic mass is 9.88. The van der Waals surface area contributed by atoms with Crippen LogP contribution in [0.3, 0.4) is 0 Å². The molecule has 2 N–H and O–H groups in total. The monoisotopic (exact) mass is 295 g/mol. The Labute approximate surface area is 131 Å². The molecule has 2 aromatic rings. The second kappa shape index (κ2) is 6.71. The highest BCUT2D eigenvalue weighted by Gasteiger charge is 2.33. The smallest absolute Gasteiger partial charge is 0.225 e. The van der Waals surface area contributed by atoms with Crippen molar-refractivity contribution in [2.45, 2.75) is 19.4 Å². The van der Waals surface area contributed by atoms with E-state index in [1.54, 1.807) is 12.4 Å². The molecular formula is C18H21N3O. The van der Waals surface area contributed by atoms with Crippen molar-refractivity contribution in [1.82, 2.24) is 15.6 Å². The van der Waals surface area contributed by atoms with E-state index in [2.05, 4.69) is 46.8 Å². The van der Waals surface area contributed by atoms with Gasteiger partial charge >= 0.3 is 0 Å². The summed E-state index contributed by atoms with van der Waals surface area (Å²) < 4.78 is 0. The van der Waals surface area contributed by atoms with Crippen LogP contribution >= 0.6 is 0 Å². The fraction of sp³-hybridized carbons (Fsp3) is 0.333. The lowest BCUT2D eigenvalue weighted by Gasteiger charge is -2.18. The third kappa shape index (κ3) is 3.34. The number of amides is 1. The number of carbonyl (C=O) groups excluding carboxylic acids is 1. The summed E-state index contributed by atoms with van der Waals surface area (Å²) >= 11 is 0. The summed E-state index contributed by atoms with van der Waals surface area (Å²) in [6, 6.07) is 12.3. The molecule has 1 aliphatic heterocycles. The van der Waals surface area contributed by atoms with Gasteiger partial charge in [0.1, 0.15) is 0 Å². The number of nitrogens with zero attached hydrogens (tertiary/aromatic N) is 1. The van der Waals surface area contributed by atoms with Crippen LogP contribution in [0.15, 0.2) is 48.8 Å². The molecule has 22 heavy (non-hydrogen) atoms.